The molecule has 9 aliphatic rings. The largest absolute Gasteiger partial charge is 0.478 e. The number of carboxylic acids is 4. The molecular formula is C61H54O10. The molecule has 6 aromatic rings. The maximum atomic E-state index is 12.5. The van der Waals surface area contributed by atoms with Gasteiger partial charge in [-0.05, 0) is 205 Å². The summed E-state index contributed by atoms with van der Waals surface area (Å²) in [4.78, 5) is 49.5. The molecule has 4 N–H and O–H groups in total. The molecule has 10 nitrogen and oxygen atoms in total. The molecule has 0 unspecified atom stereocenters. The van der Waals surface area contributed by atoms with Crippen LogP contribution in [0.1, 0.15) is 152 Å². The lowest BCUT2D eigenvalue weighted by Crippen LogP contribution is -2.48. The third-order valence-electron chi connectivity index (χ3n) is 18.4. The van der Waals surface area contributed by atoms with Crippen molar-refractivity contribution in [3.05, 3.63) is 177 Å². The van der Waals surface area contributed by atoms with Gasteiger partial charge >= 0.3 is 23.9 Å². The number of hydrogen-bond donors (Lipinski definition) is 4. The van der Waals surface area contributed by atoms with Crippen LogP contribution >= 0.6 is 0 Å². The Morgan fingerprint density at radius 3 is 1.06 bits per heavy atom. The smallest absolute Gasteiger partial charge is 0.336 e. The number of benzene rings is 6. The standard InChI is InChI=1S/C61H54O10/c62-55(63)45-15-11-41(25-47(45)57(66)67)70-53-7-3-1-5-49(53)61(50-6-2-4-8-54(50)71-42-12-16-46(56(64)65)48(26-42)58(68)69)51-23-39(59-27-33-17-34(28-59)19-35(18-33)29-59)9-13-43(51)44-14-10-40(24-52(44)61)60-30-36-20-37(31-60)22-38(21-36)32-60/h1-16,23-26,33-38H,17-22,27-32H2,(H,62,63)(H,64,65)(H,66,67)(H,68,69). The van der Waals surface area contributed by atoms with Crippen LogP contribution in [0.25, 0.3) is 11.1 Å². The van der Waals surface area contributed by atoms with Crippen LogP contribution in [0.2, 0.25) is 0 Å². The predicted molar refractivity (Wildman–Crippen MR) is 264 cm³/mol. The van der Waals surface area contributed by atoms with Crippen LogP contribution in [0, 0.1) is 35.5 Å². The van der Waals surface area contributed by atoms with E-state index in [1.807, 2.05) is 36.4 Å². The summed E-state index contributed by atoms with van der Waals surface area (Å²) >= 11 is 0. The molecule has 71 heavy (non-hydrogen) atoms. The lowest BCUT2D eigenvalue weighted by atomic mass is 9.47. The summed E-state index contributed by atoms with van der Waals surface area (Å²) in [7, 11) is 0. The molecule has 6 aromatic carbocycles. The van der Waals surface area contributed by atoms with E-state index in [-0.39, 0.29) is 33.5 Å². The summed E-state index contributed by atoms with van der Waals surface area (Å²) in [6.07, 6.45) is 14.7. The van der Waals surface area contributed by atoms with E-state index in [0.29, 0.717) is 47.0 Å². The van der Waals surface area contributed by atoms with E-state index < -0.39 is 40.4 Å². The monoisotopic (exact) mass is 946 g/mol. The van der Waals surface area contributed by atoms with Gasteiger partial charge in [0.25, 0.3) is 0 Å². The molecule has 358 valence electrons. The summed E-state index contributed by atoms with van der Waals surface area (Å²) < 4.78 is 13.8. The Hall–Kier alpha value is -7.20. The Kier molecular flexibility index (Phi) is 9.81. The summed E-state index contributed by atoms with van der Waals surface area (Å²) in [5.41, 5.74) is 5.83. The van der Waals surface area contributed by atoms with Crippen LogP contribution in [0.15, 0.2) is 121 Å². The van der Waals surface area contributed by atoms with Crippen molar-refractivity contribution < 1.29 is 49.1 Å². The van der Waals surface area contributed by atoms with E-state index in [2.05, 4.69) is 48.5 Å². The minimum atomic E-state index is -1.39. The van der Waals surface area contributed by atoms with Crippen molar-refractivity contribution in [1.82, 2.24) is 0 Å². The average Bonchev–Trinajstić information content (AvgIpc) is 3.63. The molecule has 0 spiro atoms. The maximum Gasteiger partial charge on any atom is 0.336 e. The normalized spacial score (nSPS) is 27.7. The number of ether oxygens (including phenoxy) is 2. The minimum Gasteiger partial charge on any atom is -0.478 e. The molecule has 8 bridgehead atoms. The lowest BCUT2D eigenvalue weighted by molar-refractivity contribution is -0.00530. The van der Waals surface area contributed by atoms with E-state index in [0.717, 1.165) is 71.9 Å². The Morgan fingerprint density at radius 1 is 0.380 bits per heavy atom. The zero-order chi connectivity index (χ0) is 48.6. The van der Waals surface area contributed by atoms with Gasteiger partial charge in [0.05, 0.1) is 27.7 Å². The van der Waals surface area contributed by atoms with E-state index in [9.17, 15) is 39.6 Å². The van der Waals surface area contributed by atoms with Crippen LogP contribution in [0.5, 0.6) is 23.0 Å². The summed E-state index contributed by atoms with van der Waals surface area (Å²) in [5, 5.41) is 40.3. The first-order valence-corrected chi connectivity index (χ1v) is 25.4. The fourth-order valence-corrected chi connectivity index (χ4v) is 16.5. The van der Waals surface area contributed by atoms with Gasteiger partial charge in [-0.1, -0.05) is 72.8 Å². The first kappa shape index (κ1) is 43.8. The number of rotatable bonds is 12. The molecule has 8 fully saturated rings. The van der Waals surface area contributed by atoms with Gasteiger partial charge in [-0.15, -0.1) is 0 Å². The first-order chi connectivity index (χ1) is 34.3. The van der Waals surface area contributed by atoms with E-state index in [4.69, 9.17) is 9.47 Å². The highest BCUT2D eigenvalue weighted by atomic mass is 16.5. The van der Waals surface area contributed by atoms with Gasteiger partial charge in [0.1, 0.15) is 23.0 Å². The highest BCUT2D eigenvalue weighted by Gasteiger charge is 2.56. The molecule has 0 atom stereocenters. The van der Waals surface area contributed by atoms with Gasteiger partial charge in [-0.2, -0.15) is 0 Å². The third-order valence-corrected chi connectivity index (χ3v) is 18.4. The van der Waals surface area contributed by atoms with Crippen LogP contribution < -0.4 is 9.47 Å². The summed E-state index contributed by atoms with van der Waals surface area (Å²) in [6.45, 7) is 0. The molecule has 0 saturated heterocycles. The zero-order valence-corrected chi connectivity index (χ0v) is 39.2. The fourth-order valence-electron chi connectivity index (χ4n) is 16.5. The third kappa shape index (κ3) is 6.80. The molecule has 0 radical (unpaired) electrons. The maximum absolute atomic E-state index is 12.5. The minimum absolute atomic E-state index is 0.0267. The van der Waals surface area contributed by atoms with Crippen molar-refractivity contribution in [1.29, 1.82) is 0 Å². The Bertz CT molecular complexity index is 2980. The Balaban J connectivity index is 1.08. The summed E-state index contributed by atoms with van der Waals surface area (Å²) in [5.74, 6) is -0.111. The van der Waals surface area contributed by atoms with Gasteiger partial charge in [0, 0.05) is 11.1 Å². The molecule has 9 aliphatic carbocycles. The van der Waals surface area contributed by atoms with Gasteiger partial charge in [-0.3, -0.25) is 0 Å². The number of carboxylic acid groups (broad SMARTS) is 4. The van der Waals surface area contributed by atoms with Gasteiger partial charge in [-0.25, -0.2) is 19.2 Å². The zero-order valence-electron chi connectivity index (χ0n) is 39.2. The molecule has 0 heterocycles. The van der Waals surface area contributed by atoms with Crippen molar-refractivity contribution in [2.75, 3.05) is 0 Å². The quantitative estimate of drug-likeness (QED) is 0.0925. The highest BCUT2D eigenvalue weighted by molar-refractivity contribution is 6.03. The number of aromatic carboxylic acids is 4. The van der Waals surface area contributed by atoms with Crippen LogP contribution in [0.4, 0.5) is 0 Å². The van der Waals surface area contributed by atoms with Gasteiger partial charge in [0.15, 0.2) is 0 Å². The molecule has 10 heteroatoms. The molecule has 15 rings (SSSR count). The van der Waals surface area contributed by atoms with Crippen molar-refractivity contribution in [2.45, 2.75) is 93.3 Å². The fraction of sp³-hybridized carbons (Fsp3) is 0.344. The molecule has 0 aromatic heterocycles. The first-order valence-electron chi connectivity index (χ1n) is 25.4. The van der Waals surface area contributed by atoms with Crippen LogP contribution in [-0.4, -0.2) is 44.3 Å². The summed E-state index contributed by atoms with van der Waals surface area (Å²) in [6, 6.07) is 38.0. The SMILES string of the molecule is O=C(O)c1ccc(Oc2ccccc2C2(c3ccccc3Oc3ccc(C(=O)O)c(C(=O)O)c3)c3cc(C45CC6CC(CC(C6)C4)C5)ccc3-c3ccc(C45CC6CC(CC(C6)C4)C5)cc32)cc1C(=O)O. The number of hydrogen-bond acceptors (Lipinski definition) is 6. The Labute approximate surface area is 411 Å². The molecule has 0 amide bonds. The predicted octanol–water partition coefficient (Wildman–Crippen LogP) is 13.4. The molecular weight excluding hydrogens is 893 g/mol. The van der Waals surface area contributed by atoms with Crippen LogP contribution in [-0.2, 0) is 16.2 Å². The van der Waals surface area contributed by atoms with Gasteiger partial charge in [0.2, 0.25) is 0 Å². The average molecular weight is 947 g/mol. The van der Waals surface area contributed by atoms with E-state index in [1.54, 1.807) is 0 Å². The van der Waals surface area contributed by atoms with Crippen LogP contribution in [0.3, 0.4) is 0 Å². The lowest BCUT2D eigenvalue weighted by Gasteiger charge is -2.57. The Morgan fingerprint density at radius 2 is 0.718 bits per heavy atom. The number of carbonyl (C=O) groups is 4. The second kappa shape index (κ2) is 15.9. The second-order valence-corrected chi connectivity index (χ2v) is 22.5. The number of para-hydroxylation sites is 2. The van der Waals surface area contributed by atoms with E-state index in [1.165, 1.54) is 86.1 Å². The van der Waals surface area contributed by atoms with Crippen molar-refractivity contribution in [3.63, 3.8) is 0 Å². The van der Waals surface area contributed by atoms with Crippen molar-refractivity contribution >= 4 is 23.9 Å². The molecule has 0 aliphatic heterocycles. The van der Waals surface area contributed by atoms with E-state index >= 15 is 0 Å². The second-order valence-electron chi connectivity index (χ2n) is 22.5. The van der Waals surface area contributed by atoms with Crippen molar-refractivity contribution in [2.24, 2.45) is 35.5 Å². The highest BCUT2D eigenvalue weighted by Crippen LogP contribution is 2.66. The van der Waals surface area contributed by atoms with Crippen molar-refractivity contribution in [3.8, 4) is 34.1 Å². The van der Waals surface area contributed by atoms with Gasteiger partial charge < -0.3 is 29.9 Å². The number of fused-ring (bicyclic) bond motifs is 3. The topological polar surface area (TPSA) is 168 Å². The molecule has 8 saturated carbocycles.